The molecule has 0 N–H and O–H groups in total. The molecule has 4 rings (SSSR count). The minimum Gasteiger partial charge on any atom is -0.748 e. The Bertz CT molecular complexity index is 661. The molecule has 4 aromatic rings. The summed E-state index contributed by atoms with van der Waals surface area (Å²) < 4.78 is 2.63. The standard InChI is InChI=1S/C10H15.2C5H4I.C5H5.2Fe/c1-2-3-4-7-10-8-5-6-9-10;2*6-5-3-1-2-4-5;1-2-4-5-3-1;;/h5-6,8-9H,2-4,7H2,1H3;2*1-4H;1-5H;;/q3*-1;-5;;. The molecule has 0 aliphatic rings. The molecule has 4 heteroatoms. The zero-order valence-electron chi connectivity index (χ0n) is 16.6. The van der Waals surface area contributed by atoms with Crippen molar-refractivity contribution in [2.45, 2.75) is 32.6 Å². The van der Waals surface area contributed by atoms with Crippen LogP contribution in [0.25, 0.3) is 0 Å². The van der Waals surface area contributed by atoms with Crippen LogP contribution in [-0.4, -0.2) is 0 Å². The van der Waals surface area contributed by atoms with E-state index >= 15 is 0 Å². The van der Waals surface area contributed by atoms with Crippen LogP contribution in [0.3, 0.4) is 0 Å². The van der Waals surface area contributed by atoms with Crippen LogP contribution in [-0.2, 0) is 40.6 Å². The molecule has 0 aliphatic carbocycles. The number of hydrogen-bond acceptors (Lipinski definition) is 0. The van der Waals surface area contributed by atoms with Gasteiger partial charge in [-0.05, 0) is 0 Å². The topological polar surface area (TPSA) is 0 Å². The fraction of sp³-hybridized carbons (Fsp3) is 0.200. The third-order valence-electron chi connectivity index (χ3n) is 3.60. The largest absolute Gasteiger partial charge is 0.748 e. The van der Waals surface area contributed by atoms with Gasteiger partial charge in [-0.3, -0.25) is 0 Å². The predicted octanol–water partition coefficient (Wildman–Crippen LogP) is 8.56. The number of unbranched alkanes of at least 4 members (excludes halogenated alkanes) is 2. The van der Waals surface area contributed by atoms with E-state index in [1.165, 1.54) is 38.4 Å². The molecular weight excluding hydrogens is 666 g/mol. The fourth-order valence-electron chi connectivity index (χ4n) is 2.18. The van der Waals surface area contributed by atoms with Crippen LogP contribution in [0.2, 0.25) is 0 Å². The predicted molar refractivity (Wildman–Crippen MR) is 137 cm³/mol. The number of halogens is 2. The van der Waals surface area contributed by atoms with Gasteiger partial charge in [0.05, 0.1) is 0 Å². The number of rotatable bonds is 4. The summed E-state index contributed by atoms with van der Waals surface area (Å²) in [6.45, 7) is 2.24. The van der Waals surface area contributed by atoms with Gasteiger partial charge in [0.25, 0.3) is 0 Å². The molecule has 29 heavy (non-hydrogen) atoms. The monoisotopic (exact) mass is 694 g/mol. The molecule has 0 radical (unpaired) electrons. The van der Waals surface area contributed by atoms with Gasteiger partial charge < -0.3 is 30.3 Å². The van der Waals surface area contributed by atoms with Crippen molar-refractivity contribution in [3.63, 3.8) is 0 Å². The first-order chi connectivity index (χ1) is 13.2. The van der Waals surface area contributed by atoms with Crippen LogP contribution in [0, 0.1) is 7.14 Å². The second-order valence-electron chi connectivity index (χ2n) is 5.92. The molecule has 0 atom stereocenters. The van der Waals surface area contributed by atoms with Crippen LogP contribution in [0.5, 0.6) is 0 Å². The van der Waals surface area contributed by atoms with Gasteiger partial charge in [0.15, 0.2) is 0 Å². The summed E-state index contributed by atoms with van der Waals surface area (Å²) in [5, 5.41) is 0. The Balaban J connectivity index is 0. The molecule has 166 valence electrons. The van der Waals surface area contributed by atoms with Crippen molar-refractivity contribution < 1.29 is 34.1 Å². The van der Waals surface area contributed by atoms with Gasteiger partial charge in [0.2, 0.25) is 0 Å². The number of aryl methyl sites for hydroxylation is 1. The first-order valence-corrected chi connectivity index (χ1v) is 11.5. The maximum atomic E-state index is 2.28. The number of hydrogen-bond donors (Lipinski definition) is 0. The summed E-state index contributed by atoms with van der Waals surface area (Å²) >= 11 is 4.55. The van der Waals surface area contributed by atoms with Crippen molar-refractivity contribution in [3.05, 3.63) is 116 Å². The van der Waals surface area contributed by atoms with E-state index in [1.54, 1.807) is 0 Å². The van der Waals surface area contributed by atoms with Gasteiger partial charge in [-0.25, -0.2) is 30.3 Å². The van der Waals surface area contributed by atoms with E-state index in [9.17, 15) is 0 Å². The van der Waals surface area contributed by atoms with Crippen LogP contribution < -0.4 is 0 Å². The average Bonchev–Trinajstić information content (AvgIpc) is 3.47. The van der Waals surface area contributed by atoms with Crippen LogP contribution in [0.15, 0.2) is 103 Å². The normalized spacial score (nSPS) is 8.52. The minimum absolute atomic E-state index is 0. The van der Waals surface area contributed by atoms with Crippen molar-refractivity contribution in [2.24, 2.45) is 0 Å². The molecule has 0 spiro atoms. The SMILES string of the molecule is CCCCC[c-]1cccc1.I[c-]1cccc1.Ic1cc[cH-]c1.[Fe].[Fe].[cH-]1[cH-][cH-][cH-][cH-]1. The summed E-state index contributed by atoms with van der Waals surface area (Å²) in [5.41, 5.74) is 1.49. The van der Waals surface area contributed by atoms with E-state index in [-0.39, 0.29) is 34.1 Å². The van der Waals surface area contributed by atoms with E-state index in [1.807, 2.05) is 54.6 Å². The zero-order valence-corrected chi connectivity index (χ0v) is 23.1. The van der Waals surface area contributed by atoms with E-state index in [0.29, 0.717) is 0 Å². The van der Waals surface area contributed by atoms with Crippen molar-refractivity contribution in [2.75, 3.05) is 0 Å². The second-order valence-corrected chi connectivity index (χ2v) is 8.41. The zero-order chi connectivity index (χ0) is 19.6. The van der Waals surface area contributed by atoms with Crippen molar-refractivity contribution in [1.82, 2.24) is 0 Å². The third kappa shape index (κ3) is 19.6. The molecular formula is C25H28Fe2I2-8. The molecule has 0 aliphatic heterocycles. The quantitative estimate of drug-likeness (QED) is 0.0870. The van der Waals surface area contributed by atoms with Crippen molar-refractivity contribution in [1.29, 1.82) is 0 Å². The summed E-state index contributed by atoms with van der Waals surface area (Å²) in [6.07, 6.45) is 5.30. The Hall–Kier alpha value is -0.101. The van der Waals surface area contributed by atoms with Crippen LogP contribution in [0.4, 0.5) is 0 Å². The Morgan fingerprint density at radius 1 is 0.828 bits per heavy atom. The molecule has 0 unspecified atom stereocenters. The fourth-order valence-corrected chi connectivity index (χ4v) is 3.01. The summed E-state index contributed by atoms with van der Waals surface area (Å²) in [7, 11) is 0. The molecule has 0 aromatic heterocycles. The molecule has 0 bridgehead atoms. The van der Waals surface area contributed by atoms with Crippen molar-refractivity contribution in [3.8, 4) is 0 Å². The average molecular weight is 694 g/mol. The third-order valence-corrected chi connectivity index (χ3v) is 5.04. The molecule has 0 nitrogen and oxygen atoms in total. The molecule has 0 fully saturated rings. The molecule has 4 aromatic carbocycles. The molecule has 0 saturated heterocycles. The first kappa shape index (κ1) is 31.1. The van der Waals surface area contributed by atoms with Crippen molar-refractivity contribution >= 4 is 45.2 Å². The Kier molecular flexibility index (Phi) is 24.2. The van der Waals surface area contributed by atoms with E-state index in [4.69, 9.17) is 0 Å². The molecule has 0 amide bonds. The minimum atomic E-state index is 0. The second kappa shape index (κ2) is 22.6. The summed E-state index contributed by atoms with van der Waals surface area (Å²) in [5.74, 6) is 0. The van der Waals surface area contributed by atoms with Gasteiger partial charge in [-0.15, -0.1) is 48.8 Å². The summed E-state index contributed by atoms with van der Waals surface area (Å²) in [4.78, 5) is 0. The molecule has 0 heterocycles. The van der Waals surface area contributed by atoms with Gasteiger partial charge >= 0.3 is 0 Å². The van der Waals surface area contributed by atoms with Crippen LogP contribution >= 0.6 is 45.2 Å². The van der Waals surface area contributed by atoms with E-state index in [2.05, 4.69) is 101 Å². The maximum absolute atomic E-state index is 2.28. The summed E-state index contributed by atoms with van der Waals surface area (Å²) in [6, 6.07) is 35.0. The Morgan fingerprint density at radius 2 is 1.34 bits per heavy atom. The van der Waals surface area contributed by atoms with Gasteiger partial charge in [-0.2, -0.15) is 48.0 Å². The smallest absolute Gasteiger partial charge is 0 e. The first-order valence-electron chi connectivity index (χ1n) is 9.34. The van der Waals surface area contributed by atoms with Gasteiger partial charge in [0, 0.05) is 34.1 Å². The van der Waals surface area contributed by atoms with Crippen LogP contribution in [0.1, 0.15) is 31.7 Å². The maximum Gasteiger partial charge on any atom is 0 e. The molecule has 0 saturated carbocycles. The van der Waals surface area contributed by atoms with E-state index < -0.39 is 0 Å². The van der Waals surface area contributed by atoms with E-state index in [0.717, 1.165) is 0 Å². The Morgan fingerprint density at radius 3 is 1.66 bits per heavy atom. The Labute approximate surface area is 225 Å². The van der Waals surface area contributed by atoms with Gasteiger partial charge in [-0.1, -0.05) is 36.2 Å². The van der Waals surface area contributed by atoms with Gasteiger partial charge in [0.1, 0.15) is 0 Å².